The van der Waals surface area contributed by atoms with Gasteiger partial charge < -0.3 is 8.98 Å². The lowest BCUT2D eigenvalue weighted by Crippen LogP contribution is -2.25. The van der Waals surface area contributed by atoms with Crippen molar-refractivity contribution in [2.75, 3.05) is 0 Å². The van der Waals surface area contributed by atoms with Crippen LogP contribution in [0.4, 0.5) is 0 Å². The van der Waals surface area contributed by atoms with Gasteiger partial charge in [0, 0.05) is 38.2 Å². The van der Waals surface area contributed by atoms with Gasteiger partial charge in [0.05, 0.1) is 22.1 Å². The van der Waals surface area contributed by atoms with Crippen LogP contribution in [0.15, 0.2) is 205 Å². The van der Waals surface area contributed by atoms with Gasteiger partial charge in [-0.05, 0) is 87.3 Å². The molecule has 0 fully saturated rings. The Morgan fingerprint density at radius 2 is 0.938 bits per heavy atom. The van der Waals surface area contributed by atoms with Gasteiger partial charge in [-0.3, -0.25) is 0 Å². The molecule has 2 aliphatic rings. The van der Waals surface area contributed by atoms with Crippen LogP contribution in [0.2, 0.25) is 0 Å². The Bertz CT molecular complexity index is 3810. The number of nitrogens with zero attached hydrogens (tertiary/aromatic N) is 4. The number of para-hydroxylation sites is 2. The van der Waals surface area contributed by atoms with Crippen molar-refractivity contribution in [2.45, 2.75) is 12.3 Å². The fraction of sp³-hybridized carbons (Fsp3) is 0.0339. The fourth-order valence-corrected chi connectivity index (χ4v) is 11.2. The van der Waals surface area contributed by atoms with Crippen molar-refractivity contribution >= 4 is 43.7 Å². The summed E-state index contributed by atoms with van der Waals surface area (Å²) in [6.07, 6.45) is 0. The van der Waals surface area contributed by atoms with E-state index in [0.717, 1.165) is 60.9 Å². The van der Waals surface area contributed by atoms with Gasteiger partial charge in [0.2, 0.25) is 0 Å². The zero-order chi connectivity index (χ0) is 42.1. The first kappa shape index (κ1) is 35.2. The number of benzene rings is 9. The SMILES string of the molecule is Cc1cc(-n2c3ccccc3c3cc4c(cc32)-c2ccccc2C42c3ccccc3-c3ccccc32)c2oc3ccccc3c2c1-c1nc(-c2ccccc2)nc(-c2ccccc2)n1. The molecule has 14 rings (SSSR count). The minimum Gasteiger partial charge on any atom is -0.454 e. The minimum atomic E-state index is -0.442. The van der Waals surface area contributed by atoms with E-state index in [1.807, 2.05) is 42.5 Å². The Hall–Kier alpha value is -8.41. The number of furan rings is 1. The molecule has 1 spiro atoms. The average Bonchev–Trinajstić information content (AvgIpc) is 4.07. The third-order valence-electron chi connectivity index (χ3n) is 13.8. The molecule has 5 nitrogen and oxygen atoms in total. The van der Waals surface area contributed by atoms with E-state index in [4.69, 9.17) is 19.4 Å². The van der Waals surface area contributed by atoms with Gasteiger partial charge >= 0.3 is 0 Å². The maximum absolute atomic E-state index is 7.06. The maximum Gasteiger partial charge on any atom is 0.165 e. The minimum absolute atomic E-state index is 0.442. The van der Waals surface area contributed by atoms with Gasteiger partial charge in [-0.2, -0.15) is 0 Å². The first-order valence-electron chi connectivity index (χ1n) is 21.9. The zero-order valence-corrected chi connectivity index (χ0v) is 34.7. The van der Waals surface area contributed by atoms with E-state index in [2.05, 4.69) is 169 Å². The summed E-state index contributed by atoms with van der Waals surface area (Å²) in [6.45, 7) is 2.18. The number of hydrogen-bond donors (Lipinski definition) is 0. The van der Waals surface area contributed by atoms with E-state index in [9.17, 15) is 0 Å². The highest BCUT2D eigenvalue weighted by atomic mass is 16.3. The molecule has 0 saturated heterocycles. The van der Waals surface area contributed by atoms with E-state index in [1.54, 1.807) is 0 Å². The first-order chi connectivity index (χ1) is 31.7. The standard InChI is InChI=1S/C59H36N4O/c1-35-32-51(55-54(42-26-12-17-31-52(42)64-55)53(35)58-61-56(36-18-4-2-5-19-36)60-57(62-58)37-20-6-3-7-21-37)63-49-30-16-11-25-41(49)44-33-48-43(34-50(44)63)40-24-10-15-29-47(40)59(48)45-27-13-8-22-38(45)39-23-9-14-28-46(39)59/h2-34H,1H3. The molecule has 12 aromatic rings. The van der Waals surface area contributed by atoms with E-state index in [0.29, 0.717) is 17.5 Å². The normalized spacial score (nSPS) is 13.2. The van der Waals surface area contributed by atoms with Gasteiger partial charge in [-0.25, -0.2) is 15.0 Å². The Kier molecular flexibility index (Phi) is 7.18. The van der Waals surface area contributed by atoms with Gasteiger partial charge in [-0.1, -0.05) is 170 Å². The molecule has 9 aromatic carbocycles. The molecule has 5 heteroatoms. The van der Waals surface area contributed by atoms with Crippen molar-refractivity contribution in [1.29, 1.82) is 0 Å². The van der Waals surface area contributed by atoms with Crippen LogP contribution in [0.5, 0.6) is 0 Å². The van der Waals surface area contributed by atoms with E-state index >= 15 is 0 Å². The predicted molar refractivity (Wildman–Crippen MR) is 259 cm³/mol. The second kappa shape index (κ2) is 13.1. The van der Waals surface area contributed by atoms with E-state index in [-0.39, 0.29) is 0 Å². The molecule has 0 unspecified atom stereocenters. The molecule has 2 aliphatic carbocycles. The van der Waals surface area contributed by atoms with Crippen molar-refractivity contribution < 1.29 is 4.42 Å². The van der Waals surface area contributed by atoms with Gasteiger partial charge in [0.25, 0.3) is 0 Å². The van der Waals surface area contributed by atoms with Crippen LogP contribution in [0, 0.1) is 6.92 Å². The Morgan fingerprint density at radius 3 is 1.58 bits per heavy atom. The van der Waals surface area contributed by atoms with Crippen molar-refractivity contribution in [3.63, 3.8) is 0 Å². The highest BCUT2D eigenvalue weighted by Gasteiger charge is 2.51. The molecule has 0 atom stereocenters. The topological polar surface area (TPSA) is 56.7 Å². The monoisotopic (exact) mass is 816 g/mol. The summed E-state index contributed by atoms with van der Waals surface area (Å²) in [7, 11) is 0. The summed E-state index contributed by atoms with van der Waals surface area (Å²) in [4.78, 5) is 15.5. The summed E-state index contributed by atoms with van der Waals surface area (Å²) < 4.78 is 9.49. The molecule has 0 N–H and O–H groups in total. The van der Waals surface area contributed by atoms with Crippen molar-refractivity contribution in [3.05, 3.63) is 228 Å². The number of rotatable bonds is 4. The molecule has 0 aliphatic heterocycles. The van der Waals surface area contributed by atoms with Crippen LogP contribution in [0.25, 0.3) is 106 Å². The molecular weight excluding hydrogens is 781 g/mol. The van der Waals surface area contributed by atoms with Gasteiger partial charge in [0.15, 0.2) is 23.1 Å². The molecule has 3 aromatic heterocycles. The molecule has 3 heterocycles. The maximum atomic E-state index is 7.06. The first-order valence-corrected chi connectivity index (χ1v) is 21.9. The summed E-state index contributed by atoms with van der Waals surface area (Å²) in [6, 6.07) is 71.7. The van der Waals surface area contributed by atoms with Crippen LogP contribution in [0.3, 0.4) is 0 Å². The summed E-state index contributed by atoms with van der Waals surface area (Å²) in [5.41, 5.74) is 18.6. The van der Waals surface area contributed by atoms with Crippen molar-refractivity contribution in [2.24, 2.45) is 0 Å². The van der Waals surface area contributed by atoms with Crippen molar-refractivity contribution in [3.8, 4) is 62.1 Å². The molecular formula is C59H36N4O. The van der Waals surface area contributed by atoms with Gasteiger partial charge in [0.1, 0.15) is 5.58 Å². The zero-order valence-electron chi connectivity index (χ0n) is 34.7. The third kappa shape index (κ3) is 4.65. The largest absolute Gasteiger partial charge is 0.454 e. The van der Waals surface area contributed by atoms with Gasteiger partial charge in [-0.15, -0.1) is 0 Å². The number of aryl methyl sites for hydroxylation is 1. The Labute approximate surface area is 368 Å². The number of aromatic nitrogens is 4. The second-order valence-corrected chi connectivity index (χ2v) is 17.1. The lowest BCUT2D eigenvalue weighted by Gasteiger charge is -2.30. The van der Waals surface area contributed by atoms with Crippen LogP contribution < -0.4 is 0 Å². The summed E-state index contributed by atoms with van der Waals surface area (Å²) in [5, 5.41) is 4.38. The number of hydrogen-bond acceptors (Lipinski definition) is 4. The molecule has 64 heavy (non-hydrogen) atoms. The number of fused-ring (bicyclic) bond motifs is 16. The lowest BCUT2D eigenvalue weighted by molar-refractivity contribution is 0.666. The molecule has 0 amide bonds. The smallest absolute Gasteiger partial charge is 0.165 e. The second-order valence-electron chi connectivity index (χ2n) is 17.1. The fourth-order valence-electron chi connectivity index (χ4n) is 11.2. The highest BCUT2D eigenvalue weighted by Crippen LogP contribution is 2.63. The third-order valence-corrected chi connectivity index (χ3v) is 13.8. The molecule has 0 radical (unpaired) electrons. The van der Waals surface area contributed by atoms with Crippen LogP contribution in [-0.2, 0) is 5.41 Å². The van der Waals surface area contributed by atoms with Crippen LogP contribution in [0.1, 0.15) is 27.8 Å². The Balaban J connectivity index is 1.08. The quantitative estimate of drug-likeness (QED) is 0.178. The lowest BCUT2D eigenvalue weighted by atomic mass is 9.70. The van der Waals surface area contributed by atoms with Crippen molar-refractivity contribution in [1.82, 2.24) is 19.5 Å². The van der Waals surface area contributed by atoms with E-state index in [1.165, 1.54) is 55.3 Å². The molecule has 0 bridgehead atoms. The van der Waals surface area contributed by atoms with Crippen LogP contribution in [-0.4, -0.2) is 19.5 Å². The molecule has 298 valence electrons. The molecule has 0 saturated carbocycles. The highest BCUT2D eigenvalue weighted by molar-refractivity contribution is 6.18. The Morgan fingerprint density at radius 1 is 0.422 bits per heavy atom. The summed E-state index contributed by atoms with van der Waals surface area (Å²) in [5.74, 6) is 1.85. The predicted octanol–water partition coefficient (Wildman–Crippen LogP) is 14.5. The van der Waals surface area contributed by atoms with E-state index < -0.39 is 5.41 Å². The summed E-state index contributed by atoms with van der Waals surface area (Å²) >= 11 is 0. The van der Waals surface area contributed by atoms with Crippen LogP contribution >= 0.6 is 0 Å². The average molecular weight is 817 g/mol.